The highest BCUT2D eigenvalue weighted by molar-refractivity contribution is 9.10. The fourth-order valence-corrected chi connectivity index (χ4v) is 2.98. The van der Waals surface area contributed by atoms with E-state index in [-0.39, 0.29) is 38.8 Å². The van der Waals surface area contributed by atoms with E-state index in [1.807, 2.05) is 0 Å². The molecule has 2 heterocycles. The molecular weight excluding hydrogens is 496 g/mol. The Kier molecular flexibility index (Phi) is 6.06. The van der Waals surface area contributed by atoms with Crippen LogP contribution in [0, 0.1) is 5.82 Å². The van der Waals surface area contributed by atoms with Crippen molar-refractivity contribution in [2.75, 3.05) is 7.11 Å². The van der Waals surface area contributed by atoms with Gasteiger partial charge in [-0.3, -0.25) is 4.79 Å². The summed E-state index contributed by atoms with van der Waals surface area (Å²) in [6, 6.07) is 3.37. The Morgan fingerprint density at radius 2 is 1.97 bits per heavy atom. The van der Waals surface area contributed by atoms with Crippen LogP contribution < -0.4 is 16.0 Å². The molecule has 8 nitrogen and oxygen atoms in total. The maximum absolute atomic E-state index is 14.4. The number of esters is 1. The molecule has 0 radical (unpaired) electrons. The number of nitrogens with zero attached hydrogens (tertiary/aromatic N) is 1. The number of carbonyl (C=O) groups excluding carboxylic acids is 1. The zero-order chi connectivity index (χ0) is 22.9. The number of benzene rings is 1. The smallest absolute Gasteiger partial charge is 0.431 e. The number of carbonyl (C=O) groups is 1. The van der Waals surface area contributed by atoms with E-state index in [4.69, 9.17) is 9.15 Å². The van der Waals surface area contributed by atoms with Gasteiger partial charge in [-0.15, -0.1) is 0 Å². The molecule has 13 heteroatoms. The first-order valence-corrected chi connectivity index (χ1v) is 9.02. The molecule has 3 aromatic rings. The summed E-state index contributed by atoms with van der Waals surface area (Å²) in [6.07, 6.45) is -3.75. The summed E-state index contributed by atoms with van der Waals surface area (Å²) in [5.74, 6) is -2.04. The average Bonchev–Trinajstić information content (AvgIpc) is 3.15. The van der Waals surface area contributed by atoms with E-state index in [2.05, 4.69) is 20.7 Å². The van der Waals surface area contributed by atoms with Crippen LogP contribution in [0.2, 0.25) is 0 Å². The Morgan fingerprint density at radius 1 is 1.26 bits per heavy atom. The Labute approximate surface area is 178 Å². The fraction of sp³-hybridized carbons (Fsp3) is 0.167. The van der Waals surface area contributed by atoms with Gasteiger partial charge in [-0.1, -0.05) is 0 Å². The molecule has 0 aliphatic heterocycles. The number of aromatic nitrogens is 2. The second-order valence-electron chi connectivity index (χ2n) is 5.95. The summed E-state index contributed by atoms with van der Waals surface area (Å²) < 4.78 is 68.1. The van der Waals surface area contributed by atoms with Crippen molar-refractivity contribution >= 4 is 21.9 Å². The van der Waals surface area contributed by atoms with Crippen molar-refractivity contribution in [1.29, 1.82) is 0 Å². The first-order chi connectivity index (χ1) is 14.5. The van der Waals surface area contributed by atoms with Gasteiger partial charge >= 0.3 is 17.8 Å². The van der Waals surface area contributed by atoms with E-state index in [9.17, 15) is 31.9 Å². The molecule has 0 fully saturated rings. The quantitative estimate of drug-likeness (QED) is 0.420. The number of rotatable bonds is 5. The third kappa shape index (κ3) is 4.55. The first kappa shape index (κ1) is 22.3. The lowest BCUT2D eigenvalue weighted by Gasteiger charge is -2.13. The summed E-state index contributed by atoms with van der Waals surface area (Å²) in [5.41, 5.74) is -4.81. The highest BCUT2D eigenvalue weighted by Crippen LogP contribution is 2.31. The molecule has 2 aromatic heterocycles. The topological polar surface area (TPSA) is 104 Å². The molecule has 164 valence electrons. The van der Waals surface area contributed by atoms with Crippen LogP contribution in [0.3, 0.4) is 0 Å². The molecule has 31 heavy (non-hydrogen) atoms. The molecule has 0 unspecified atom stereocenters. The molecule has 1 aromatic carbocycles. The minimum Gasteiger partial charge on any atom is -0.487 e. The van der Waals surface area contributed by atoms with Gasteiger partial charge in [0.1, 0.15) is 23.9 Å². The molecule has 3 rings (SSSR count). The first-order valence-electron chi connectivity index (χ1n) is 8.23. The summed E-state index contributed by atoms with van der Waals surface area (Å²) in [4.78, 5) is 37.3. The number of halogens is 5. The van der Waals surface area contributed by atoms with Crippen LogP contribution in [0.1, 0.15) is 21.8 Å². The van der Waals surface area contributed by atoms with Gasteiger partial charge in [-0.2, -0.15) is 13.2 Å². The Hall–Kier alpha value is -3.35. The van der Waals surface area contributed by atoms with Crippen molar-refractivity contribution in [2.24, 2.45) is 0 Å². The molecule has 0 amide bonds. The number of H-pyrrole nitrogens is 1. The highest BCUT2D eigenvalue weighted by atomic mass is 79.9. The lowest BCUT2D eigenvalue weighted by atomic mass is 10.2. The van der Waals surface area contributed by atoms with Gasteiger partial charge in [0.25, 0.3) is 5.56 Å². The van der Waals surface area contributed by atoms with Gasteiger partial charge in [-0.25, -0.2) is 18.5 Å². The minimum atomic E-state index is -4.97. The monoisotopic (exact) mass is 506 g/mol. The van der Waals surface area contributed by atoms with Gasteiger partial charge in [0, 0.05) is 17.7 Å². The van der Waals surface area contributed by atoms with E-state index in [1.54, 1.807) is 0 Å². The minimum absolute atomic E-state index is 0.0698. The van der Waals surface area contributed by atoms with Crippen molar-refractivity contribution in [1.82, 2.24) is 9.55 Å². The summed E-state index contributed by atoms with van der Waals surface area (Å²) >= 11 is 3.05. The molecule has 1 N–H and O–H groups in total. The predicted molar refractivity (Wildman–Crippen MR) is 99.7 cm³/mol. The molecule has 0 saturated heterocycles. The average molecular weight is 507 g/mol. The van der Waals surface area contributed by atoms with Gasteiger partial charge < -0.3 is 18.9 Å². The maximum Gasteiger partial charge on any atom is 0.431 e. The molecular formula is C18H11BrF4N2O6. The van der Waals surface area contributed by atoms with E-state index >= 15 is 0 Å². The van der Waals surface area contributed by atoms with Crippen molar-refractivity contribution in [3.05, 3.63) is 78.7 Å². The van der Waals surface area contributed by atoms with Gasteiger partial charge in [0.2, 0.25) is 5.76 Å². The van der Waals surface area contributed by atoms with Crippen molar-refractivity contribution in [3.8, 4) is 11.4 Å². The van der Waals surface area contributed by atoms with Crippen molar-refractivity contribution in [3.63, 3.8) is 0 Å². The van der Waals surface area contributed by atoms with Gasteiger partial charge in [-0.05, 0) is 28.1 Å². The number of aromatic amines is 1. The van der Waals surface area contributed by atoms with Crippen LogP contribution in [0.15, 0.2) is 49.0 Å². The molecule has 0 aliphatic carbocycles. The second-order valence-corrected chi connectivity index (χ2v) is 6.80. The Bertz CT molecular complexity index is 1230. The maximum atomic E-state index is 14.4. The molecule has 0 atom stereocenters. The summed E-state index contributed by atoms with van der Waals surface area (Å²) in [7, 11) is 1.15. The number of hydrogen-bond donors (Lipinski definition) is 1. The zero-order valence-corrected chi connectivity index (χ0v) is 17.0. The normalized spacial score (nSPS) is 11.4. The van der Waals surface area contributed by atoms with E-state index < -0.39 is 40.6 Å². The number of ether oxygens (including phenoxy) is 2. The number of alkyl halides is 3. The number of furan rings is 1. The number of methoxy groups -OCH3 is 1. The van der Waals surface area contributed by atoms with Crippen LogP contribution in [-0.2, 0) is 17.5 Å². The van der Waals surface area contributed by atoms with Crippen LogP contribution in [0.25, 0.3) is 5.69 Å². The summed E-state index contributed by atoms with van der Waals surface area (Å²) in [6.45, 7) is -0.247. The number of nitrogens with one attached hydrogen (secondary N) is 1. The van der Waals surface area contributed by atoms with Crippen LogP contribution in [-0.4, -0.2) is 22.6 Å². The molecule has 0 aliphatic rings. The predicted octanol–water partition coefficient (Wildman–Crippen LogP) is 3.40. The second kappa shape index (κ2) is 8.41. The Balaban J connectivity index is 2.00. The Morgan fingerprint density at radius 3 is 2.58 bits per heavy atom. The largest absolute Gasteiger partial charge is 0.487 e. The van der Waals surface area contributed by atoms with Crippen LogP contribution in [0.5, 0.6) is 5.75 Å². The van der Waals surface area contributed by atoms with E-state index in [0.717, 1.165) is 19.2 Å². The third-order valence-corrected chi connectivity index (χ3v) is 4.60. The molecule has 0 saturated carbocycles. The lowest BCUT2D eigenvalue weighted by molar-refractivity contribution is -0.141. The number of hydrogen-bond acceptors (Lipinski definition) is 6. The lowest BCUT2D eigenvalue weighted by Crippen LogP contribution is -2.36. The molecule has 0 bridgehead atoms. The molecule has 0 spiro atoms. The van der Waals surface area contributed by atoms with Crippen LogP contribution in [0.4, 0.5) is 17.6 Å². The fourth-order valence-electron chi connectivity index (χ4n) is 2.55. The standard InChI is InChI=1S/C18H11BrF4N2O6/c1-29-16(27)15-8(2-3-30-15)7-31-12-5-11(10(20)4-9(12)19)25-14(26)6-13(18(21,22)23)24-17(25)28/h2-6H,7H2,1H3,(H,24,28). The van der Waals surface area contributed by atoms with Gasteiger partial charge in [0.05, 0.1) is 23.5 Å². The van der Waals surface area contributed by atoms with Crippen molar-refractivity contribution < 1.29 is 36.2 Å². The highest BCUT2D eigenvalue weighted by Gasteiger charge is 2.33. The third-order valence-electron chi connectivity index (χ3n) is 3.98. The van der Waals surface area contributed by atoms with Crippen LogP contribution >= 0.6 is 15.9 Å². The van der Waals surface area contributed by atoms with E-state index in [0.29, 0.717) is 0 Å². The van der Waals surface area contributed by atoms with Gasteiger partial charge in [0.15, 0.2) is 0 Å². The zero-order valence-electron chi connectivity index (χ0n) is 15.4. The SMILES string of the molecule is COC(=O)c1occc1COc1cc(-n2c(=O)cc(C(F)(F)F)[nH]c2=O)c(F)cc1Br. The summed E-state index contributed by atoms with van der Waals surface area (Å²) in [5, 5.41) is 0. The van der Waals surface area contributed by atoms with Crippen molar-refractivity contribution in [2.45, 2.75) is 12.8 Å². The van der Waals surface area contributed by atoms with E-state index in [1.165, 1.54) is 17.3 Å².